The second-order valence-electron chi connectivity index (χ2n) is 3.11. The summed E-state index contributed by atoms with van der Waals surface area (Å²) in [5, 5.41) is 2.07. The van der Waals surface area contributed by atoms with Gasteiger partial charge in [0.1, 0.15) is 5.60 Å². The number of hydrogen-bond acceptors (Lipinski definition) is 3. The van der Waals surface area contributed by atoms with Crippen LogP contribution in [0.2, 0.25) is 0 Å². The molecule has 2 heterocycles. The van der Waals surface area contributed by atoms with E-state index in [2.05, 4.69) is 18.4 Å². The lowest BCUT2D eigenvalue weighted by molar-refractivity contribution is -0.151. The first kappa shape index (κ1) is 8.23. The van der Waals surface area contributed by atoms with Gasteiger partial charge >= 0.3 is 0 Å². The summed E-state index contributed by atoms with van der Waals surface area (Å²) in [5.74, 6) is 0. The molecule has 0 bridgehead atoms. The Balaban J connectivity index is 2.19. The molecule has 3 heteroatoms. The van der Waals surface area contributed by atoms with Gasteiger partial charge in [-0.1, -0.05) is 6.07 Å². The lowest BCUT2D eigenvalue weighted by atomic mass is 10.1. The normalized spacial score (nSPS) is 30.4. The van der Waals surface area contributed by atoms with Crippen LogP contribution in [0.25, 0.3) is 0 Å². The summed E-state index contributed by atoms with van der Waals surface area (Å²) in [7, 11) is 0. The standard InChI is InChI=1S/C9H12O2S/c1-9(7-10-4-5-11-9)8-3-2-6-12-8/h2-3,6H,4-5,7H2,1H3. The molecule has 0 saturated carbocycles. The molecule has 12 heavy (non-hydrogen) atoms. The Bertz CT molecular complexity index is 237. The summed E-state index contributed by atoms with van der Waals surface area (Å²) in [6.45, 7) is 4.18. The summed E-state index contributed by atoms with van der Waals surface area (Å²) >= 11 is 1.72. The van der Waals surface area contributed by atoms with Gasteiger partial charge < -0.3 is 9.47 Å². The molecule has 1 aliphatic rings. The van der Waals surface area contributed by atoms with E-state index in [0.717, 1.165) is 6.61 Å². The van der Waals surface area contributed by atoms with Crippen LogP contribution in [0.3, 0.4) is 0 Å². The van der Waals surface area contributed by atoms with Gasteiger partial charge in [0.05, 0.1) is 19.8 Å². The van der Waals surface area contributed by atoms with Crippen LogP contribution in [-0.4, -0.2) is 19.8 Å². The first-order chi connectivity index (χ1) is 5.81. The predicted molar refractivity (Wildman–Crippen MR) is 48.4 cm³/mol. The number of thiophene rings is 1. The molecule has 0 amide bonds. The highest BCUT2D eigenvalue weighted by molar-refractivity contribution is 7.10. The molecule has 2 nitrogen and oxygen atoms in total. The van der Waals surface area contributed by atoms with Crippen molar-refractivity contribution in [2.45, 2.75) is 12.5 Å². The zero-order valence-corrected chi connectivity index (χ0v) is 7.89. The lowest BCUT2D eigenvalue weighted by Crippen LogP contribution is -2.37. The van der Waals surface area contributed by atoms with Crippen LogP contribution < -0.4 is 0 Å². The van der Waals surface area contributed by atoms with E-state index in [4.69, 9.17) is 9.47 Å². The summed E-state index contributed by atoms with van der Waals surface area (Å²) in [6.07, 6.45) is 0. The molecular weight excluding hydrogens is 172 g/mol. The van der Waals surface area contributed by atoms with E-state index in [1.807, 2.05) is 6.07 Å². The summed E-state index contributed by atoms with van der Waals surface area (Å²) in [4.78, 5) is 1.25. The predicted octanol–water partition coefficient (Wildman–Crippen LogP) is 2.01. The highest BCUT2D eigenvalue weighted by atomic mass is 32.1. The summed E-state index contributed by atoms with van der Waals surface area (Å²) in [6, 6.07) is 4.14. The van der Waals surface area contributed by atoms with Crippen LogP contribution in [0.4, 0.5) is 0 Å². The largest absolute Gasteiger partial charge is 0.376 e. The van der Waals surface area contributed by atoms with E-state index >= 15 is 0 Å². The fraction of sp³-hybridized carbons (Fsp3) is 0.556. The smallest absolute Gasteiger partial charge is 0.123 e. The minimum absolute atomic E-state index is 0.202. The molecule has 0 radical (unpaired) electrons. The molecule has 1 aliphatic heterocycles. The van der Waals surface area contributed by atoms with Gasteiger partial charge in [-0.05, 0) is 18.4 Å². The van der Waals surface area contributed by atoms with Gasteiger partial charge in [-0.2, -0.15) is 0 Å². The van der Waals surface area contributed by atoms with Gasteiger partial charge in [0.15, 0.2) is 0 Å². The van der Waals surface area contributed by atoms with Crippen LogP contribution in [0.5, 0.6) is 0 Å². The lowest BCUT2D eigenvalue weighted by Gasteiger charge is -2.32. The monoisotopic (exact) mass is 184 g/mol. The molecule has 2 rings (SSSR count). The van der Waals surface area contributed by atoms with Crippen molar-refractivity contribution < 1.29 is 9.47 Å². The molecule has 0 spiro atoms. The third kappa shape index (κ3) is 1.40. The molecule has 1 aromatic heterocycles. The van der Waals surface area contributed by atoms with E-state index < -0.39 is 0 Å². The Kier molecular flexibility index (Phi) is 2.17. The molecule has 0 N–H and O–H groups in total. The SMILES string of the molecule is CC1(c2cccs2)COCCO1. The molecule has 1 fully saturated rings. The third-order valence-corrected chi connectivity index (χ3v) is 3.18. The first-order valence-corrected chi connectivity index (χ1v) is 4.95. The van der Waals surface area contributed by atoms with Crippen LogP contribution in [0, 0.1) is 0 Å². The van der Waals surface area contributed by atoms with Crippen LogP contribution in [-0.2, 0) is 15.1 Å². The zero-order valence-electron chi connectivity index (χ0n) is 7.08. The fourth-order valence-electron chi connectivity index (χ4n) is 1.36. The summed E-state index contributed by atoms with van der Waals surface area (Å²) in [5.41, 5.74) is -0.202. The van der Waals surface area contributed by atoms with Gasteiger partial charge in [-0.15, -0.1) is 11.3 Å². The average Bonchev–Trinajstić information content (AvgIpc) is 2.58. The van der Waals surface area contributed by atoms with E-state index in [1.165, 1.54) is 4.88 Å². The molecule has 66 valence electrons. The minimum atomic E-state index is -0.202. The topological polar surface area (TPSA) is 18.5 Å². The molecule has 0 aliphatic carbocycles. The molecule has 1 atom stereocenters. The van der Waals surface area contributed by atoms with Crippen LogP contribution >= 0.6 is 11.3 Å². The van der Waals surface area contributed by atoms with Gasteiger partial charge in [0, 0.05) is 4.88 Å². The third-order valence-electron chi connectivity index (χ3n) is 2.07. The van der Waals surface area contributed by atoms with Gasteiger partial charge in [0.25, 0.3) is 0 Å². The van der Waals surface area contributed by atoms with Gasteiger partial charge in [-0.3, -0.25) is 0 Å². The highest BCUT2D eigenvalue weighted by Gasteiger charge is 2.31. The van der Waals surface area contributed by atoms with Crippen molar-refractivity contribution in [2.24, 2.45) is 0 Å². The van der Waals surface area contributed by atoms with Crippen molar-refractivity contribution >= 4 is 11.3 Å². The van der Waals surface area contributed by atoms with Crippen molar-refractivity contribution in [1.29, 1.82) is 0 Å². The van der Waals surface area contributed by atoms with Gasteiger partial charge in [0.2, 0.25) is 0 Å². The van der Waals surface area contributed by atoms with Crippen molar-refractivity contribution in [2.75, 3.05) is 19.8 Å². The molecule has 1 unspecified atom stereocenters. The number of ether oxygens (including phenoxy) is 2. The maximum Gasteiger partial charge on any atom is 0.123 e. The van der Waals surface area contributed by atoms with Crippen LogP contribution in [0.15, 0.2) is 17.5 Å². The van der Waals surface area contributed by atoms with Crippen molar-refractivity contribution in [1.82, 2.24) is 0 Å². The Morgan fingerprint density at radius 2 is 2.42 bits per heavy atom. The van der Waals surface area contributed by atoms with Crippen molar-refractivity contribution in [3.8, 4) is 0 Å². The van der Waals surface area contributed by atoms with Gasteiger partial charge in [-0.25, -0.2) is 0 Å². The Morgan fingerprint density at radius 3 is 3.00 bits per heavy atom. The Hall–Kier alpha value is -0.380. The second-order valence-corrected chi connectivity index (χ2v) is 4.06. The zero-order chi connectivity index (χ0) is 8.44. The van der Waals surface area contributed by atoms with Crippen LogP contribution in [0.1, 0.15) is 11.8 Å². The minimum Gasteiger partial charge on any atom is -0.376 e. The maximum atomic E-state index is 5.70. The Labute approximate surface area is 76.1 Å². The van der Waals surface area contributed by atoms with E-state index in [-0.39, 0.29) is 5.60 Å². The molecule has 1 aromatic rings. The number of rotatable bonds is 1. The van der Waals surface area contributed by atoms with Crippen molar-refractivity contribution in [3.05, 3.63) is 22.4 Å². The first-order valence-electron chi connectivity index (χ1n) is 4.07. The molecule has 1 saturated heterocycles. The second kappa shape index (κ2) is 3.17. The highest BCUT2D eigenvalue weighted by Crippen LogP contribution is 2.31. The number of hydrogen-bond donors (Lipinski definition) is 0. The van der Waals surface area contributed by atoms with E-state index in [9.17, 15) is 0 Å². The van der Waals surface area contributed by atoms with E-state index in [1.54, 1.807) is 11.3 Å². The fourth-order valence-corrected chi connectivity index (χ4v) is 2.18. The quantitative estimate of drug-likeness (QED) is 0.664. The average molecular weight is 184 g/mol. The van der Waals surface area contributed by atoms with E-state index in [0.29, 0.717) is 13.2 Å². The maximum absolute atomic E-state index is 5.70. The summed E-state index contributed by atoms with van der Waals surface area (Å²) < 4.78 is 11.1. The Morgan fingerprint density at radius 1 is 1.50 bits per heavy atom. The molecular formula is C9H12O2S. The molecule has 0 aromatic carbocycles. The van der Waals surface area contributed by atoms with Crippen molar-refractivity contribution in [3.63, 3.8) is 0 Å².